The molecule has 0 atom stereocenters. The number of furan rings is 1. The zero-order valence-electron chi connectivity index (χ0n) is 16.9. The van der Waals surface area contributed by atoms with Gasteiger partial charge in [0, 0.05) is 32.2 Å². The Labute approximate surface area is 175 Å². The molecule has 1 aliphatic heterocycles. The normalized spacial score (nSPS) is 19.9. The van der Waals surface area contributed by atoms with E-state index in [0.717, 1.165) is 39.1 Å². The van der Waals surface area contributed by atoms with Crippen molar-refractivity contribution in [2.75, 3.05) is 38.6 Å². The Hall–Kier alpha value is -1.84. The molecule has 1 N–H and O–H groups in total. The molecule has 8 nitrogen and oxygen atoms in total. The standard InChI is InChI=1S/C20H29N5O3S/c1-24-18(16-6-5-11-28-16)22-23-19(24)29-14-17(26)21-15-20(7-3-2-4-8-20)25-9-12-27-13-10-25/h5-6,11H,2-4,7-10,12-15H2,1H3,(H,21,26). The van der Waals surface area contributed by atoms with E-state index >= 15 is 0 Å². The molecule has 0 unspecified atom stereocenters. The highest BCUT2D eigenvalue weighted by atomic mass is 32.2. The van der Waals surface area contributed by atoms with Gasteiger partial charge in [0.25, 0.3) is 0 Å². The summed E-state index contributed by atoms with van der Waals surface area (Å²) in [5.41, 5.74) is 0.0829. The summed E-state index contributed by atoms with van der Waals surface area (Å²) in [7, 11) is 1.88. The van der Waals surface area contributed by atoms with Gasteiger partial charge in [0.1, 0.15) is 0 Å². The molecular weight excluding hydrogens is 390 g/mol. The van der Waals surface area contributed by atoms with Crippen molar-refractivity contribution in [3.05, 3.63) is 18.4 Å². The number of carbonyl (C=O) groups is 1. The second-order valence-corrected chi connectivity index (χ2v) is 8.73. The van der Waals surface area contributed by atoms with E-state index < -0.39 is 0 Å². The van der Waals surface area contributed by atoms with Crippen molar-refractivity contribution < 1.29 is 13.9 Å². The average molecular weight is 420 g/mol. The monoisotopic (exact) mass is 419 g/mol. The van der Waals surface area contributed by atoms with Crippen molar-refractivity contribution in [2.45, 2.75) is 42.8 Å². The minimum absolute atomic E-state index is 0.0377. The first-order valence-electron chi connectivity index (χ1n) is 10.3. The van der Waals surface area contributed by atoms with E-state index in [0.29, 0.717) is 29.0 Å². The van der Waals surface area contributed by atoms with Crippen LogP contribution in [0, 0.1) is 0 Å². The first-order chi connectivity index (χ1) is 14.2. The van der Waals surface area contributed by atoms with Crippen molar-refractivity contribution in [3.63, 3.8) is 0 Å². The lowest BCUT2D eigenvalue weighted by Gasteiger charge is -2.48. The number of carbonyl (C=O) groups excluding carboxylic acids is 1. The molecule has 0 radical (unpaired) electrons. The number of amides is 1. The van der Waals surface area contributed by atoms with Crippen LogP contribution in [-0.4, -0.2) is 69.7 Å². The smallest absolute Gasteiger partial charge is 0.230 e. The molecule has 29 heavy (non-hydrogen) atoms. The molecule has 0 aromatic carbocycles. The lowest BCUT2D eigenvalue weighted by Crippen LogP contribution is -2.59. The lowest BCUT2D eigenvalue weighted by atomic mass is 9.79. The first kappa shape index (κ1) is 20.4. The summed E-state index contributed by atoms with van der Waals surface area (Å²) >= 11 is 1.40. The Morgan fingerprint density at radius 3 is 2.76 bits per heavy atom. The molecule has 1 aliphatic carbocycles. The Kier molecular flexibility index (Phi) is 6.56. The van der Waals surface area contributed by atoms with Crippen LogP contribution < -0.4 is 5.32 Å². The van der Waals surface area contributed by atoms with Crippen LogP contribution in [-0.2, 0) is 16.6 Å². The Balaban J connectivity index is 1.32. The van der Waals surface area contributed by atoms with E-state index in [4.69, 9.17) is 9.15 Å². The van der Waals surface area contributed by atoms with E-state index in [1.807, 2.05) is 23.7 Å². The second kappa shape index (κ2) is 9.32. The van der Waals surface area contributed by atoms with Crippen molar-refractivity contribution in [1.82, 2.24) is 25.0 Å². The Morgan fingerprint density at radius 2 is 2.03 bits per heavy atom. The van der Waals surface area contributed by atoms with Crippen LogP contribution in [0.5, 0.6) is 0 Å². The van der Waals surface area contributed by atoms with Crippen molar-refractivity contribution in [2.24, 2.45) is 7.05 Å². The van der Waals surface area contributed by atoms with Crippen LogP contribution in [0.1, 0.15) is 32.1 Å². The molecule has 158 valence electrons. The van der Waals surface area contributed by atoms with Gasteiger partial charge in [0.05, 0.1) is 25.2 Å². The summed E-state index contributed by atoms with van der Waals surface area (Å²) in [6.45, 7) is 4.20. The predicted octanol–water partition coefficient (Wildman–Crippen LogP) is 2.32. The van der Waals surface area contributed by atoms with Crippen LogP contribution in [0.3, 0.4) is 0 Å². The van der Waals surface area contributed by atoms with Gasteiger partial charge in [0.15, 0.2) is 16.7 Å². The fourth-order valence-corrected chi connectivity index (χ4v) is 5.10. The molecule has 3 heterocycles. The lowest BCUT2D eigenvalue weighted by molar-refractivity contribution is -0.119. The molecule has 2 aliphatic rings. The minimum Gasteiger partial charge on any atom is -0.461 e. The second-order valence-electron chi connectivity index (χ2n) is 7.79. The fourth-order valence-electron chi connectivity index (χ4n) is 4.36. The summed E-state index contributed by atoms with van der Waals surface area (Å²) in [5, 5.41) is 12.3. The predicted molar refractivity (Wildman–Crippen MR) is 111 cm³/mol. The molecule has 1 saturated heterocycles. The highest BCUT2D eigenvalue weighted by molar-refractivity contribution is 7.99. The van der Waals surface area contributed by atoms with Gasteiger partial charge in [-0.2, -0.15) is 0 Å². The quantitative estimate of drug-likeness (QED) is 0.689. The number of thioether (sulfide) groups is 1. The summed E-state index contributed by atoms with van der Waals surface area (Å²) < 4.78 is 12.8. The summed E-state index contributed by atoms with van der Waals surface area (Å²) in [6.07, 6.45) is 7.67. The van der Waals surface area contributed by atoms with E-state index in [-0.39, 0.29) is 11.4 Å². The van der Waals surface area contributed by atoms with Crippen LogP contribution in [0.25, 0.3) is 11.6 Å². The van der Waals surface area contributed by atoms with Crippen LogP contribution in [0.15, 0.2) is 28.0 Å². The molecule has 9 heteroatoms. The number of rotatable bonds is 7. The summed E-state index contributed by atoms with van der Waals surface area (Å²) in [5.74, 6) is 1.69. The van der Waals surface area contributed by atoms with Crippen LogP contribution >= 0.6 is 11.8 Å². The maximum absolute atomic E-state index is 12.6. The van der Waals surface area contributed by atoms with Gasteiger partial charge in [-0.15, -0.1) is 10.2 Å². The Morgan fingerprint density at radius 1 is 1.24 bits per heavy atom. The van der Waals surface area contributed by atoms with E-state index in [2.05, 4.69) is 20.4 Å². The third kappa shape index (κ3) is 4.67. The maximum atomic E-state index is 12.6. The third-order valence-electron chi connectivity index (χ3n) is 5.99. The first-order valence-corrected chi connectivity index (χ1v) is 11.3. The van der Waals surface area contributed by atoms with Gasteiger partial charge in [-0.3, -0.25) is 9.69 Å². The molecule has 2 fully saturated rings. The van der Waals surface area contributed by atoms with Crippen molar-refractivity contribution in [1.29, 1.82) is 0 Å². The third-order valence-corrected chi connectivity index (χ3v) is 7.01. The van der Waals surface area contributed by atoms with Gasteiger partial charge in [-0.1, -0.05) is 31.0 Å². The minimum atomic E-state index is 0.0377. The largest absolute Gasteiger partial charge is 0.461 e. The van der Waals surface area contributed by atoms with E-state index in [1.54, 1.807) is 6.26 Å². The van der Waals surface area contributed by atoms with Gasteiger partial charge in [0.2, 0.25) is 5.91 Å². The SMILES string of the molecule is Cn1c(SCC(=O)NCC2(N3CCOCC3)CCCCC2)nnc1-c1ccco1. The average Bonchev–Trinajstić information content (AvgIpc) is 3.42. The van der Waals surface area contributed by atoms with Crippen LogP contribution in [0.4, 0.5) is 0 Å². The van der Waals surface area contributed by atoms with Crippen molar-refractivity contribution >= 4 is 17.7 Å². The zero-order valence-corrected chi connectivity index (χ0v) is 17.7. The van der Waals surface area contributed by atoms with Crippen LogP contribution in [0.2, 0.25) is 0 Å². The highest BCUT2D eigenvalue weighted by Gasteiger charge is 2.38. The number of hydrogen-bond acceptors (Lipinski definition) is 7. The molecule has 0 bridgehead atoms. The summed E-state index contributed by atoms with van der Waals surface area (Å²) in [4.78, 5) is 15.1. The molecule has 2 aromatic heterocycles. The molecule has 4 rings (SSSR count). The Bertz CT molecular complexity index is 795. The molecule has 0 spiro atoms. The van der Waals surface area contributed by atoms with E-state index in [9.17, 15) is 4.79 Å². The number of aromatic nitrogens is 3. The van der Waals surface area contributed by atoms with Gasteiger partial charge in [-0.05, 0) is 25.0 Å². The number of hydrogen-bond donors (Lipinski definition) is 1. The molecular formula is C20H29N5O3S. The number of nitrogens with zero attached hydrogens (tertiary/aromatic N) is 4. The fraction of sp³-hybridized carbons (Fsp3) is 0.650. The zero-order chi connectivity index (χ0) is 20.1. The van der Waals surface area contributed by atoms with E-state index in [1.165, 1.54) is 31.0 Å². The topological polar surface area (TPSA) is 85.4 Å². The number of morpholine rings is 1. The summed E-state index contributed by atoms with van der Waals surface area (Å²) in [6, 6.07) is 3.67. The molecule has 1 saturated carbocycles. The maximum Gasteiger partial charge on any atom is 0.230 e. The number of ether oxygens (including phenoxy) is 1. The number of nitrogens with one attached hydrogen (secondary N) is 1. The van der Waals surface area contributed by atoms with Gasteiger partial charge >= 0.3 is 0 Å². The van der Waals surface area contributed by atoms with Gasteiger partial charge in [-0.25, -0.2) is 0 Å². The highest BCUT2D eigenvalue weighted by Crippen LogP contribution is 2.34. The molecule has 2 aromatic rings. The van der Waals surface area contributed by atoms with Gasteiger partial charge < -0.3 is 19.0 Å². The van der Waals surface area contributed by atoms with Crippen molar-refractivity contribution in [3.8, 4) is 11.6 Å². The molecule has 1 amide bonds.